The molecular weight excluding hydrogens is 334 g/mol. The quantitative estimate of drug-likeness (QED) is 0.759. The number of rotatable bonds is 6. The number of ketones is 1. The van der Waals surface area contributed by atoms with E-state index in [1.165, 1.54) is 6.92 Å². The van der Waals surface area contributed by atoms with E-state index < -0.39 is 18.0 Å². The van der Waals surface area contributed by atoms with Crippen molar-refractivity contribution >= 4 is 17.7 Å². The van der Waals surface area contributed by atoms with Gasteiger partial charge in [-0.05, 0) is 38.8 Å². The molecule has 0 aliphatic heterocycles. The largest absolute Gasteiger partial charge is 0.481 e. The van der Waals surface area contributed by atoms with Gasteiger partial charge < -0.3 is 15.2 Å². The summed E-state index contributed by atoms with van der Waals surface area (Å²) in [6.07, 6.45) is 4.33. The highest BCUT2D eigenvalue weighted by molar-refractivity contribution is 5.94. The molecule has 1 aromatic rings. The number of hydrogen-bond donors (Lipinski definition) is 2. The Bertz CT molecular complexity index is 657. The van der Waals surface area contributed by atoms with Crippen LogP contribution in [-0.4, -0.2) is 34.9 Å². The molecule has 1 amide bonds. The van der Waals surface area contributed by atoms with Crippen molar-refractivity contribution in [2.45, 2.75) is 64.5 Å². The number of aliphatic carboxylic acids is 1. The van der Waals surface area contributed by atoms with E-state index >= 15 is 0 Å². The average Bonchev–Trinajstić information content (AvgIpc) is 2.57. The molecule has 3 atom stereocenters. The normalized spacial score (nSPS) is 21.8. The van der Waals surface area contributed by atoms with Crippen molar-refractivity contribution in [1.82, 2.24) is 5.32 Å². The van der Waals surface area contributed by atoms with E-state index in [0.717, 1.165) is 25.7 Å². The van der Waals surface area contributed by atoms with E-state index in [2.05, 4.69) is 5.32 Å². The number of carboxylic acids is 1. The number of amides is 1. The molecule has 6 heteroatoms. The summed E-state index contributed by atoms with van der Waals surface area (Å²) < 4.78 is 5.65. The van der Waals surface area contributed by atoms with Crippen LogP contribution in [0.2, 0.25) is 0 Å². The predicted molar refractivity (Wildman–Crippen MR) is 97.3 cm³/mol. The monoisotopic (exact) mass is 361 g/mol. The minimum Gasteiger partial charge on any atom is -0.481 e. The Morgan fingerprint density at radius 1 is 1.15 bits per heavy atom. The number of Topliss-reactive ketones (excluding diaryl/α,β-unsaturated/α-hetero) is 1. The van der Waals surface area contributed by atoms with Gasteiger partial charge in [-0.1, -0.05) is 37.8 Å². The maximum atomic E-state index is 12.5. The molecule has 0 aromatic heterocycles. The minimum atomic E-state index is -0.861. The summed E-state index contributed by atoms with van der Waals surface area (Å²) in [4.78, 5) is 35.5. The number of hydrogen-bond acceptors (Lipinski definition) is 4. The Labute approximate surface area is 153 Å². The van der Waals surface area contributed by atoms with Gasteiger partial charge in [0, 0.05) is 11.6 Å². The lowest BCUT2D eigenvalue weighted by Crippen LogP contribution is -2.48. The van der Waals surface area contributed by atoms with Crippen LogP contribution in [0.5, 0.6) is 5.75 Å². The molecule has 1 saturated carbocycles. The second-order valence-electron chi connectivity index (χ2n) is 6.90. The number of nitrogens with one attached hydrogen (secondary N) is 1. The molecule has 1 aliphatic carbocycles. The van der Waals surface area contributed by atoms with Crippen molar-refractivity contribution in [2.75, 3.05) is 0 Å². The average molecular weight is 361 g/mol. The SMILES string of the molecule is CC(=O)c1cccc(OC(C)C(=O)NC2CCCCCCC2C(=O)O)c1. The molecule has 0 spiro atoms. The molecule has 0 bridgehead atoms. The molecule has 142 valence electrons. The van der Waals surface area contributed by atoms with Crippen LogP contribution in [-0.2, 0) is 9.59 Å². The van der Waals surface area contributed by atoms with E-state index in [9.17, 15) is 19.5 Å². The minimum absolute atomic E-state index is 0.0774. The maximum Gasteiger partial charge on any atom is 0.308 e. The first-order valence-corrected chi connectivity index (χ1v) is 9.19. The Kier molecular flexibility index (Phi) is 7.18. The summed E-state index contributed by atoms with van der Waals surface area (Å²) in [5, 5.41) is 12.3. The maximum absolute atomic E-state index is 12.5. The van der Waals surface area contributed by atoms with Gasteiger partial charge in [0.15, 0.2) is 11.9 Å². The van der Waals surface area contributed by atoms with Crippen molar-refractivity contribution in [3.05, 3.63) is 29.8 Å². The molecule has 2 rings (SSSR count). The molecule has 26 heavy (non-hydrogen) atoms. The summed E-state index contributed by atoms with van der Waals surface area (Å²) in [5.41, 5.74) is 0.515. The highest BCUT2D eigenvalue weighted by Gasteiger charge is 2.31. The van der Waals surface area contributed by atoms with Gasteiger partial charge in [-0.25, -0.2) is 0 Å². The van der Waals surface area contributed by atoms with Crippen molar-refractivity contribution in [3.8, 4) is 5.75 Å². The van der Waals surface area contributed by atoms with Gasteiger partial charge in [-0.15, -0.1) is 0 Å². The zero-order valence-corrected chi connectivity index (χ0v) is 15.4. The fraction of sp³-hybridized carbons (Fsp3) is 0.550. The Morgan fingerprint density at radius 3 is 2.50 bits per heavy atom. The van der Waals surface area contributed by atoms with Crippen molar-refractivity contribution < 1.29 is 24.2 Å². The molecule has 1 aromatic carbocycles. The highest BCUT2D eigenvalue weighted by Crippen LogP contribution is 2.23. The molecular formula is C20H27NO5. The molecule has 6 nitrogen and oxygen atoms in total. The van der Waals surface area contributed by atoms with Crippen molar-refractivity contribution in [1.29, 1.82) is 0 Å². The van der Waals surface area contributed by atoms with Gasteiger partial charge >= 0.3 is 5.97 Å². The molecule has 0 radical (unpaired) electrons. The van der Waals surface area contributed by atoms with E-state index in [1.54, 1.807) is 31.2 Å². The van der Waals surface area contributed by atoms with Gasteiger partial charge in [0.2, 0.25) is 0 Å². The van der Waals surface area contributed by atoms with Crippen LogP contribution < -0.4 is 10.1 Å². The smallest absolute Gasteiger partial charge is 0.308 e. The number of carbonyl (C=O) groups is 3. The van der Waals surface area contributed by atoms with Crippen LogP contribution >= 0.6 is 0 Å². The lowest BCUT2D eigenvalue weighted by atomic mass is 9.86. The van der Waals surface area contributed by atoms with Crippen molar-refractivity contribution in [3.63, 3.8) is 0 Å². The fourth-order valence-corrected chi connectivity index (χ4v) is 3.30. The number of carboxylic acid groups (broad SMARTS) is 1. The third-order valence-electron chi connectivity index (χ3n) is 4.83. The highest BCUT2D eigenvalue weighted by atomic mass is 16.5. The first kappa shape index (κ1) is 19.9. The van der Waals surface area contributed by atoms with E-state index in [0.29, 0.717) is 24.2 Å². The van der Waals surface area contributed by atoms with Gasteiger partial charge in [0.25, 0.3) is 5.91 Å². The van der Waals surface area contributed by atoms with Crippen molar-refractivity contribution in [2.24, 2.45) is 5.92 Å². The van der Waals surface area contributed by atoms with Gasteiger partial charge in [0.1, 0.15) is 5.75 Å². The topological polar surface area (TPSA) is 92.7 Å². The van der Waals surface area contributed by atoms with Crippen LogP contribution in [0.1, 0.15) is 62.7 Å². The summed E-state index contributed by atoms with van der Waals surface area (Å²) in [7, 11) is 0. The molecule has 3 unspecified atom stereocenters. The molecule has 1 aliphatic rings. The standard InChI is InChI=1S/C20H27NO5/c1-13(22)15-8-7-9-16(12-15)26-14(2)19(23)21-18-11-6-4-3-5-10-17(18)20(24)25/h7-9,12,14,17-18H,3-6,10-11H2,1-2H3,(H,21,23)(H,24,25). The number of carbonyl (C=O) groups excluding carboxylic acids is 2. The summed E-state index contributed by atoms with van der Waals surface area (Å²) in [6.45, 7) is 3.09. The zero-order valence-electron chi connectivity index (χ0n) is 15.4. The third kappa shape index (κ3) is 5.58. The lowest BCUT2D eigenvalue weighted by Gasteiger charge is -2.28. The molecule has 0 saturated heterocycles. The van der Waals surface area contributed by atoms with Crippen LogP contribution in [0.4, 0.5) is 0 Å². The van der Waals surface area contributed by atoms with E-state index in [4.69, 9.17) is 4.74 Å². The van der Waals surface area contributed by atoms with Crippen LogP contribution in [0, 0.1) is 5.92 Å². The lowest BCUT2D eigenvalue weighted by molar-refractivity contribution is -0.144. The second kappa shape index (κ2) is 9.36. The summed E-state index contributed by atoms with van der Waals surface area (Å²) in [6, 6.07) is 6.29. The second-order valence-corrected chi connectivity index (χ2v) is 6.90. The van der Waals surface area contributed by atoms with E-state index in [-0.39, 0.29) is 17.7 Å². The van der Waals surface area contributed by atoms with Gasteiger partial charge in [-0.2, -0.15) is 0 Å². The number of benzene rings is 1. The Balaban J connectivity index is 2.01. The third-order valence-corrected chi connectivity index (χ3v) is 4.83. The summed E-state index contributed by atoms with van der Waals surface area (Å²) in [5.74, 6) is -1.40. The molecule has 0 heterocycles. The first-order valence-electron chi connectivity index (χ1n) is 9.19. The van der Waals surface area contributed by atoms with Gasteiger partial charge in [-0.3, -0.25) is 14.4 Å². The zero-order chi connectivity index (χ0) is 19.1. The van der Waals surface area contributed by atoms with Gasteiger partial charge in [0.05, 0.1) is 5.92 Å². The van der Waals surface area contributed by atoms with Crippen LogP contribution in [0.3, 0.4) is 0 Å². The van der Waals surface area contributed by atoms with E-state index in [1.807, 2.05) is 0 Å². The van der Waals surface area contributed by atoms with Crippen LogP contribution in [0.25, 0.3) is 0 Å². The first-order chi connectivity index (χ1) is 12.4. The number of ether oxygens (including phenoxy) is 1. The molecule has 1 fully saturated rings. The summed E-state index contributed by atoms with van der Waals surface area (Å²) >= 11 is 0. The van der Waals surface area contributed by atoms with Crippen LogP contribution in [0.15, 0.2) is 24.3 Å². The predicted octanol–water partition coefficient (Wildman–Crippen LogP) is 3.20. The Hall–Kier alpha value is -2.37. The Morgan fingerprint density at radius 2 is 1.85 bits per heavy atom. The molecule has 2 N–H and O–H groups in total. The fourth-order valence-electron chi connectivity index (χ4n) is 3.30.